The second kappa shape index (κ2) is 28.8. The molecule has 0 saturated heterocycles. The summed E-state index contributed by atoms with van der Waals surface area (Å²) in [6, 6.07) is 70.6. The number of aromatic nitrogens is 4. The lowest BCUT2D eigenvalue weighted by Crippen LogP contribution is -2.27. The first-order valence-corrected chi connectivity index (χ1v) is 34.3. The highest BCUT2D eigenvalue weighted by Crippen LogP contribution is 2.36. The lowest BCUT2D eigenvalue weighted by molar-refractivity contribution is 0.309. The molecule has 93 heavy (non-hydrogen) atoms. The van der Waals surface area contributed by atoms with E-state index in [1.54, 1.807) is 35.3 Å². The van der Waals surface area contributed by atoms with Crippen LogP contribution in [0.1, 0.15) is 84.0 Å². The van der Waals surface area contributed by atoms with E-state index in [2.05, 4.69) is 281 Å². The number of aryl methyl sites for hydroxylation is 11. The highest BCUT2D eigenvalue weighted by atomic mass is 16.5. The molecule has 9 heteroatoms. The Bertz CT molecular complexity index is 4490. The first-order chi connectivity index (χ1) is 45.4. The van der Waals surface area contributed by atoms with Gasteiger partial charge in [-0.3, -0.25) is 0 Å². The van der Waals surface area contributed by atoms with Crippen molar-refractivity contribution in [3.63, 3.8) is 0 Å². The summed E-state index contributed by atoms with van der Waals surface area (Å²) in [7, 11) is 10.6. The summed E-state index contributed by atoms with van der Waals surface area (Å²) in [5.41, 5.74) is 27.5. The lowest BCUT2D eigenvalue weighted by Gasteiger charge is -2.24. The van der Waals surface area contributed by atoms with Gasteiger partial charge in [-0.15, -0.1) is 0 Å². The molecule has 9 nitrogen and oxygen atoms in total. The Balaban J connectivity index is 0.000000113. The summed E-state index contributed by atoms with van der Waals surface area (Å²) in [5, 5.41) is 5.71. The molecule has 4 aliphatic heterocycles. The molecule has 0 amide bonds. The van der Waals surface area contributed by atoms with Crippen LogP contribution in [0.15, 0.2) is 194 Å². The van der Waals surface area contributed by atoms with E-state index in [1.165, 1.54) is 99.4 Å². The monoisotopic (exact) mass is 1230 g/mol. The Labute approximate surface area is 553 Å². The molecule has 12 aromatic rings. The van der Waals surface area contributed by atoms with Crippen LogP contribution in [0.5, 0.6) is 5.75 Å². The van der Waals surface area contributed by atoms with Crippen molar-refractivity contribution in [1.29, 1.82) is 0 Å². The molecule has 0 saturated carbocycles. The van der Waals surface area contributed by atoms with Gasteiger partial charge in [-0.05, 0) is 168 Å². The van der Waals surface area contributed by atoms with Crippen LogP contribution in [0.4, 0.5) is 0 Å². The third kappa shape index (κ3) is 14.2. The molecule has 8 aromatic carbocycles. The summed E-state index contributed by atoms with van der Waals surface area (Å²) in [5.74, 6) is 0.943. The van der Waals surface area contributed by atoms with Gasteiger partial charge in [-0.1, -0.05) is 162 Å². The van der Waals surface area contributed by atoms with E-state index in [0.29, 0.717) is 0 Å². The molecule has 0 radical (unpaired) electrons. The summed E-state index contributed by atoms with van der Waals surface area (Å²) in [4.78, 5) is 9.71. The van der Waals surface area contributed by atoms with Gasteiger partial charge in [0, 0.05) is 171 Å². The third-order valence-corrected chi connectivity index (χ3v) is 20.4. The van der Waals surface area contributed by atoms with Crippen molar-refractivity contribution < 1.29 is 4.74 Å². The smallest absolute Gasteiger partial charge is 0.119 e. The zero-order valence-corrected chi connectivity index (χ0v) is 56.6. The third-order valence-electron chi connectivity index (χ3n) is 20.4. The van der Waals surface area contributed by atoms with Crippen molar-refractivity contribution in [1.82, 2.24) is 37.9 Å². The molecule has 4 aromatic heterocycles. The van der Waals surface area contributed by atoms with Gasteiger partial charge in [0.1, 0.15) is 5.75 Å². The molecule has 0 N–H and O–H groups in total. The van der Waals surface area contributed by atoms with Crippen molar-refractivity contribution in [3.05, 3.63) is 278 Å². The number of methoxy groups -OCH3 is 1. The molecule has 0 fully saturated rings. The average Bonchev–Trinajstić information content (AvgIpc) is 1.66. The van der Waals surface area contributed by atoms with Gasteiger partial charge < -0.3 is 42.6 Å². The Morgan fingerprint density at radius 1 is 0.301 bits per heavy atom. The zero-order valence-electron chi connectivity index (χ0n) is 56.6. The number of para-hydroxylation sites is 1. The van der Waals surface area contributed by atoms with Crippen LogP contribution in [0, 0.1) is 20.8 Å². The van der Waals surface area contributed by atoms with E-state index in [-0.39, 0.29) is 0 Å². The van der Waals surface area contributed by atoms with Crippen LogP contribution >= 0.6 is 0 Å². The minimum atomic E-state index is 0.943. The first kappa shape index (κ1) is 63.3. The second-order valence-electron chi connectivity index (χ2n) is 27.1. The van der Waals surface area contributed by atoms with Crippen LogP contribution in [-0.2, 0) is 104 Å². The summed E-state index contributed by atoms with van der Waals surface area (Å²) in [6.07, 6.45) is 8.97. The predicted molar refractivity (Wildman–Crippen MR) is 389 cm³/mol. The van der Waals surface area contributed by atoms with Gasteiger partial charge in [-0.2, -0.15) is 0 Å². The zero-order chi connectivity index (χ0) is 64.0. The number of nitrogens with zero attached hydrogens (tertiary/aromatic N) is 8. The molecule has 8 heterocycles. The lowest BCUT2D eigenvalue weighted by atomic mass is 10.0. The van der Waals surface area contributed by atoms with Crippen LogP contribution in [0.2, 0.25) is 0 Å². The van der Waals surface area contributed by atoms with E-state index in [4.69, 9.17) is 4.74 Å². The Hall–Kier alpha value is -8.44. The number of rotatable bonds is 13. The van der Waals surface area contributed by atoms with Crippen molar-refractivity contribution in [2.45, 2.75) is 124 Å². The molecule has 478 valence electrons. The van der Waals surface area contributed by atoms with E-state index in [9.17, 15) is 0 Å². The minimum absolute atomic E-state index is 0.943. The Morgan fingerprint density at radius 2 is 0.602 bits per heavy atom. The van der Waals surface area contributed by atoms with E-state index >= 15 is 0 Å². The molecule has 4 aliphatic rings. The van der Waals surface area contributed by atoms with Crippen molar-refractivity contribution in [3.8, 4) is 5.75 Å². The summed E-state index contributed by atoms with van der Waals surface area (Å²) >= 11 is 0. The predicted octanol–water partition coefficient (Wildman–Crippen LogP) is 16.4. The fourth-order valence-corrected chi connectivity index (χ4v) is 15.3. The van der Waals surface area contributed by atoms with Gasteiger partial charge in [0.25, 0.3) is 0 Å². The largest absolute Gasteiger partial charge is 0.497 e. The maximum absolute atomic E-state index is 5.46. The normalized spacial score (nSPS) is 15.0. The van der Waals surface area contributed by atoms with Crippen molar-refractivity contribution in [2.75, 3.05) is 61.5 Å². The number of hydrogen-bond acceptors (Lipinski definition) is 5. The van der Waals surface area contributed by atoms with Crippen LogP contribution in [-0.4, -0.2) is 99.3 Å². The Kier molecular flexibility index (Phi) is 19.6. The maximum Gasteiger partial charge on any atom is 0.119 e. The van der Waals surface area contributed by atoms with Crippen molar-refractivity contribution >= 4 is 43.6 Å². The summed E-state index contributed by atoms with van der Waals surface area (Å²) in [6.45, 7) is 19.7. The average molecular weight is 1230 g/mol. The molecule has 16 rings (SSSR count). The molecule has 0 unspecified atom stereocenters. The van der Waals surface area contributed by atoms with Crippen LogP contribution in [0.25, 0.3) is 43.6 Å². The maximum atomic E-state index is 5.46. The fourth-order valence-electron chi connectivity index (χ4n) is 15.3. The number of benzene rings is 8. The molecule has 0 atom stereocenters. The van der Waals surface area contributed by atoms with Crippen LogP contribution in [0.3, 0.4) is 0 Å². The summed E-state index contributed by atoms with van der Waals surface area (Å²) < 4.78 is 15.7. The Morgan fingerprint density at radius 3 is 0.978 bits per heavy atom. The van der Waals surface area contributed by atoms with Gasteiger partial charge in [0.15, 0.2) is 0 Å². The SMILES string of the molecule is CN1CCc2c(c3ccccc3n2CCc2ccccc2)C1.COc1ccc2c(c1)c1c(n2CCc2ccccc2)CCN(C)C1.Cc1ccc(CCn2c3c(c4cc(C)ccc42)CN(C)CC3)cc1.Cc1ccc2c(c1)c1c(n2CCc2ccccc2)CCN(C)C1. The number of hydrogen-bond donors (Lipinski definition) is 0. The molecule has 0 aliphatic carbocycles. The van der Waals surface area contributed by atoms with Gasteiger partial charge in [0.05, 0.1) is 7.11 Å². The number of ether oxygens (including phenoxy) is 1. The van der Waals surface area contributed by atoms with Gasteiger partial charge in [0.2, 0.25) is 0 Å². The van der Waals surface area contributed by atoms with Gasteiger partial charge >= 0.3 is 0 Å². The molecular formula is C84H96N8O. The molecule has 0 spiro atoms. The van der Waals surface area contributed by atoms with E-state index in [1.807, 2.05) is 0 Å². The number of fused-ring (bicyclic) bond motifs is 12. The first-order valence-electron chi connectivity index (χ1n) is 34.3. The van der Waals surface area contributed by atoms with E-state index in [0.717, 1.165) is 136 Å². The standard InChI is InChI=1S/C22H26N2.C21H24N2O.C21H24N2.C20H22N2/c1-16-4-7-18(8-5-16)10-13-24-21-9-6-17(2)14-19(21)20-15-23(3)12-11-22(20)24;1-22-12-11-21-19(15-22)18-14-17(24-2)8-9-20(18)23(21)13-10-16-6-4-3-5-7-16;1-16-8-9-20-18(14-16)19-15-22(2)12-11-21(19)23(20)13-10-17-6-4-3-5-7-17;1-21-13-12-20-18(15-21)17-9-5-6-10-19(17)22(20)14-11-16-7-3-2-4-8-16/h4-9,14H,10-13,15H2,1-3H3;3-9,14H,10-13,15H2,1-2H3;3-9,14H,10-13,15H2,1-2H3;2-10H,11-15H2,1H3. The quantitative estimate of drug-likeness (QED) is 0.115. The highest BCUT2D eigenvalue weighted by Gasteiger charge is 2.27. The van der Waals surface area contributed by atoms with Crippen molar-refractivity contribution in [2.24, 2.45) is 0 Å². The highest BCUT2D eigenvalue weighted by molar-refractivity contribution is 5.89. The topological polar surface area (TPSA) is 41.9 Å². The van der Waals surface area contributed by atoms with Crippen LogP contribution < -0.4 is 4.74 Å². The molecular weight excluding hydrogens is 1140 g/mol. The van der Waals surface area contributed by atoms with E-state index < -0.39 is 0 Å². The second-order valence-corrected chi connectivity index (χ2v) is 27.1. The van der Waals surface area contributed by atoms with Gasteiger partial charge in [-0.25, -0.2) is 0 Å². The molecule has 0 bridgehead atoms. The fraction of sp³-hybridized carbons (Fsp3) is 0.333. The minimum Gasteiger partial charge on any atom is -0.497 e. The number of likely N-dealkylation sites (N-methyl/N-ethyl adjacent to an activating group) is 4.